The van der Waals surface area contributed by atoms with E-state index < -0.39 is 5.97 Å². The second kappa shape index (κ2) is 11.7. The molecule has 2 aromatic carbocycles. The van der Waals surface area contributed by atoms with Crippen molar-refractivity contribution in [2.24, 2.45) is 11.1 Å². The summed E-state index contributed by atoms with van der Waals surface area (Å²) in [5, 5.41) is 13.5. The Morgan fingerprint density at radius 3 is 2.54 bits per heavy atom. The second-order valence-electron chi connectivity index (χ2n) is 9.93. The summed E-state index contributed by atoms with van der Waals surface area (Å²) in [5.41, 5.74) is 6.77. The molecule has 0 radical (unpaired) electrons. The summed E-state index contributed by atoms with van der Waals surface area (Å²) in [6.07, 6.45) is 7.36. The fraction of sp³-hybridized carbons (Fsp3) is 0.517. The third kappa shape index (κ3) is 6.23. The van der Waals surface area contributed by atoms with Crippen LogP contribution >= 0.6 is 0 Å². The van der Waals surface area contributed by atoms with Crippen LogP contribution in [0.3, 0.4) is 0 Å². The van der Waals surface area contributed by atoms with E-state index in [0.717, 1.165) is 35.6 Å². The van der Waals surface area contributed by atoms with Gasteiger partial charge in [0.05, 0.1) is 18.7 Å². The lowest BCUT2D eigenvalue weighted by Crippen LogP contribution is -2.49. The summed E-state index contributed by atoms with van der Waals surface area (Å²) < 4.78 is 5.71. The molecule has 0 atom stereocenters. The number of rotatable bonds is 10. The number of benzene rings is 2. The van der Waals surface area contributed by atoms with Gasteiger partial charge in [-0.3, -0.25) is 9.69 Å². The van der Waals surface area contributed by atoms with Crippen molar-refractivity contribution in [3.05, 3.63) is 64.2 Å². The molecular weight excluding hydrogens is 440 g/mol. The zero-order valence-corrected chi connectivity index (χ0v) is 21.3. The number of methoxy groups -OCH3 is 1. The Morgan fingerprint density at radius 1 is 1.09 bits per heavy atom. The highest BCUT2D eigenvalue weighted by Gasteiger charge is 2.32. The number of likely N-dealkylation sites (tertiary alicyclic amines) is 1. The van der Waals surface area contributed by atoms with Crippen molar-refractivity contribution in [2.45, 2.75) is 71.4 Å². The lowest BCUT2D eigenvalue weighted by atomic mass is 9.83. The normalized spacial score (nSPS) is 17.7. The van der Waals surface area contributed by atoms with Crippen LogP contribution < -0.4 is 4.74 Å². The van der Waals surface area contributed by atoms with E-state index in [4.69, 9.17) is 14.7 Å². The molecule has 1 aliphatic heterocycles. The molecule has 1 heterocycles. The molecule has 0 aromatic heterocycles. The standard InChI is InChI=1S/C29H38N2O4/c1-4-22-15-24(11-12-25(22)16-31-17-26(18-31)29(32)33)20(2)30-35-19-21-10-13-27(28(14-21)34-3)23-8-6-5-7-9-23/h10-15,23,26H,4-9,16-19H2,1-3H3,(H,32,33)/b30-20+. The molecular formula is C29H38N2O4. The minimum Gasteiger partial charge on any atom is -0.496 e. The van der Waals surface area contributed by atoms with Crippen LogP contribution in [0.4, 0.5) is 0 Å². The van der Waals surface area contributed by atoms with E-state index in [1.165, 1.54) is 48.8 Å². The van der Waals surface area contributed by atoms with Crippen molar-refractivity contribution in [1.29, 1.82) is 0 Å². The van der Waals surface area contributed by atoms with E-state index in [1.807, 2.05) is 6.92 Å². The number of hydrogen-bond donors (Lipinski definition) is 1. The van der Waals surface area contributed by atoms with Gasteiger partial charge in [-0.05, 0) is 72.1 Å². The highest BCUT2D eigenvalue weighted by molar-refractivity contribution is 5.98. The van der Waals surface area contributed by atoms with E-state index in [1.54, 1.807) is 7.11 Å². The molecule has 1 aliphatic carbocycles. The molecule has 0 unspecified atom stereocenters. The fourth-order valence-corrected chi connectivity index (χ4v) is 5.28. The summed E-state index contributed by atoms with van der Waals surface area (Å²) >= 11 is 0. The van der Waals surface area contributed by atoms with Gasteiger partial charge in [-0.15, -0.1) is 0 Å². The first-order chi connectivity index (χ1) is 17.0. The number of nitrogens with zero attached hydrogens (tertiary/aromatic N) is 2. The average molecular weight is 479 g/mol. The quantitative estimate of drug-likeness (QED) is 0.347. The largest absolute Gasteiger partial charge is 0.496 e. The molecule has 1 saturated carbocycles. The third-order valence-corrected chi connectivity index (χ3v) is 7.48. The Bertz CT molecular complexity index is 1050. The molecule has 4 rings (SSSR count). The first-order valence-electron chi connectivity index (χ1n) is 12.9. The molecule has 0 bridgehead atoms. The maximum Gasteiger partial charge on any atom is 0.309 e. The molecule has 2 fully saturated rings. The molecule has 2 aromatic rings. The molecule has 1 N–H and O–H groups in total. The number of carboxylic acids is 1. The van der Waals surface area contributed by atoms with Crippen LogP contribution in [0.1, 0.15) is 79.7 Å². The predicted octanol–water partition coefficient (Wildman–Crippen LogP) is 5.76. The minimum atomic E-state index is -0.697. The van der Waals surface area contributed by atoms with Gasteiger partial charge >= 0.3 is 5.97 Å². The Hall–Kier alpha value is -2.86. The van der Waals surface area contributed by atoms with Gasteiger partial charge in [0.25, 0.3) is 0 Å². The Balaban J connectivity index is 1.36. The van der Waals surface area contributed by atoms with Crippen molar-refractivity contribution in [2.75, 3.05) is 20.2 Å². The molecule has 2 aliphatic rings. The van der Waals surface area contributed by atoms with E-state index in [0.29, 0.717) is 25.6 Å². The van der Waals surface area contributed by atoms with Crippen LogP contribution in [-0.4, -0.2) is 41.9 Å². The SMILES string of the molecule is CCc1cc(/C(C)=N/OCc2ccc(C3CCCCC3)c(OC)c2)ccc1CN1CC(C(=O)O)C1. The molecule has 6 nitrogen and oxygen atoms in total. The molecule has 0 spiro atoms. The number of ether oxygens (including phenoxy) is 1. The molecule has 1 saturated heterocycles. The summed E-state index contributed by atoms with van der Waals surface area (Å²) in [5.74, 6) is 0.634. The van der Waals surface area contributed by atoms with E-state index in [9.17, 15) is 4.79 Å². The smallest absolute Gasteiger partial charge is 0.309 e. The van der Waals surface area contributed by atoms with Gasteiger partial charge in [-0.1, -0.05) is 55.6 Å². The van der Waals surface area contributed by atoms with Gasteiger partial charge < -0.3 is 14.7 Å². The van der Waals surface area contributed by atoms with Gasteiger partial charge in [0.15, 0.2) is 0 Å². The predicted molar refractivity (Wildman–Crippen MR) is 138 cm³/mol. The number of aryl methyl sites for hydroxylation is 1. The fourth-order valence-electron chi connectivity index (χ4n) is 5.28. The minimum absolute atomic E-state index is 0.227. The average Bonchev–Trinajstić information content (AvgIpc) is 2.86. The number of oxime groups is 1. The lowest BCUT2D eigenvalue weighted by Gasteiger charge is -2.37. The van der Waals surface area contributed by atoms with Gasteiger partial charge in [-0.2, -0.15) is 0 Å². The van der Waals surface area contributed by atoms with Crippen molar-refractivity contribution >= 4 is 11.7 Å². The zero-order valence-electron chi connectivity index (χ0n) is 21.3. The van der Waals surface area contributed by atoms with Crippen molar-refractivity contribution in [3.63, 3.8) is 0 Å². The first-order valence-corrected chi connectivity index (χ1v) is 12.9. The summed E-state index contributed by atoms with van der Waals surface area (Å²) in [6, 6.07) is 12.8. The van der Waals surface area contributed by atoms with E-state index >= 15 is 0 Å². The Kier molecular flexibility index (Phi) is 8.45. The second-order valence-corrected chi connectivity index (χ2v) is 9.93. The number of carboxylic acid groups (broad SMARTS) is 1. The monoisotopic (exact) mass is 478 g/mol. The van der Waals surface area contributed by atoms with Crippen molar-refractivity contribution in [1.82, 2.24) is 4.90 Å². The van der Waals surface area contributed by atoms with Gasteiger partial charge in [0, 0.05) is 19.6 Å². The van der Waals surface area contributed by atoms with Crippen LogP contribution in [0.15, 0.2) is 41.6 Å². The summed E-state index contributed by atoms with van der Waals surface area (Å²) in [4.78, 5) is 19.0. The Morgan fingerprint density at radius 2 is 1.86 bits per heavy atom. The van der Waals surface area contributed by atoms with Crippen LogP contribution in [-0.2, 0) is 29.2 Å². The summed E-state index contributed by atoms with van der Waals surface area (Å²) in [7, 11) is 1.75. The molecule has 35 heavy (non-hydrogen) atoms. The Labute approximate surface area is 208 Å². The van der Waals surface area contributed by atoms with Gasteiger partial charge in [0.1, 0.15) is 12.4 Å². The van der Waals surface area contributed by atoms with Crippen molar-refractivity contribution < 1.29 is 19.5 Å². The van der Waals surface area contributed by atoms with E-state index in [-0.39, 0.29) is 5.92 Å². The van der Waals surface area contributed by atoms with Gasteiger partial charge in [0.2, 0.25) is 0 Å². The van der Waals surface area contributed by atoms with Crippen molar-refractivity contribution in [3.8, 4) is 5.75 Å². The molecule has 0 amide bonds. The van der Waals surface area contributed by atoms with Gasteiger partial charge in [-0.25, -0.2) is 0 Å². The maximum absolute atomic E-state index is 11.1. The number of hydrogen-bond acceptors (Lipinski definition) is 5. The highest BCUT2D eigenvalue weighted by atomic mass is 16.6. The highest BCUT2D eigenvalue weighted by Crippen LogP contribution is 2.37. The van der Waals surface area contributed by atoms with Crippen LogP contribution in [0.2, 0.25) is 0 Å². The molecule has 6 heteroatoms. The third-order valence-electron chi connectivity index (χ3n) is 7.48. The summed E-state index contributed by atoms with van der Waals surface area (Å²) in [6.45, 7) is 6.55. The van der Waals surface area contributed by atoms with Crippen LogP contribution in [0.25, 0.3) is 0 Å². The zero-order chi connectivity index (χ0) is 24.8. The van der Waals surface area contributed by atoms with E-state index in [2.05, 4.69) is 53.4 Å². The van der Waals surface area contributed by atoms with Crippen LogP contribution in [0.5, 0.6) is 5.75 Å². The maximum atomic E-state index is 11.1. The molecule has 188 valence electrons. The first kappa shape index (κ1) is 25.2. The van der Waals surface area contributed by atoms with Crippen LogP contribution in [0, 0.1) is 5.92 Å². The lowest BCUT2D eigenvalue weighted by molar-refractivity contribution is -0.147. The topological polar surface area (TPSA) is 71.4 Å². The number of aliphatic carboxylic acids is 1. The number of carbonyl (C=O) groups is 1.